The normalized spacial score (nSPS) is 25.1. The third-order valence-electron chi connectivity index (χ3n) is 7.30. The number of carbonyl (C=O) groups excluding carboxylic acids is 2. The molecule has 1 aromatic carbocycles. The van der Waals surface area contributed by atoms with Gasteiger partial charge in [0.25, 0.3) is 0 Å². The van der Waals surface area contributed by atoms with Gasteiger partial charge in [-0.25, -0.2) is 10.1 Å². The molecule has 3 saturated carbocycles. The molecule has 0 aromatic heterocycles. The Labute approximate surface area is 193 Å². The third-order valence-corrected chi connectivity index (χ3v) is 7.86. The molecule has 7 nitrogen and oxygen atoms in total. The minimum absolute atomic E-state index is 0.247. The Morgan fingerprint density at radius 1 is 1.03 bits per heavy atom. The van der Waals surface area contributed by atoms with Gasteiger partial charge in [0.1, 0.15) is 5.75 Å². The van der Waals surface area contributed by atoms with E-state index in [1.807, 2.05) is 0 Å². The number of esters is 2. The van der Waals surface area contributed by atoms with Crippen LogP contribution in [0, 0.1) is 23.7 Å². The molecule has 3 fully saturated rings. The highest BCUT2D eigenvalue weighted by Gasteiger charge is 2.40. The van der Waals surface area contributed by atoms with E-state index in [-0.39, 0.29) is 17.3 Å². The quantitative estimate of drug-likeness (QED) is 0.149. The van der Waals surface area contributed by atoms with Gasteiger partial charge < -0.3 is 9.47 Å². The maximum absolute atomic E-state index is 12.7. The van der Waals surface area contributed by atoms with Crippen molar-refractivity contribution in [2.24, 2.45) is 23.7 Å². The maximum Gasteiger partial charge on any atom is 0.338 e. The largest absolute Gasteiger partial charge is 0.462 e. The predicted octanol–water partition coefficient (Wildman–Crippen LogP) is 5.97. The lowest BCUT2D eigenvalue weighted by Gasteiger charge is -2.21. The summed E-state index contributed by atoms with van der Waals surface area (Å²) in [6.07, 6.45) is 12.2. The molecular weight excluding hydrogens is 432 g/mol. The van der Waals surface area contributed by atoms with Crippen molar-refractivity contribution in [3.05, 3.63) is 23.8 Å². The molecule has 32 heavy (non-hydrogen) atoms. The van der Waals surface area contributed by atoms with E-state index in [1.54, 1.807) is 12.1 Å². The summed E-state index contributed by atoms with van der Waals surface area (Å²) in [7, 11) is 0. The number of benzene rings is 1. The lowest BCUT2D eigenvalue weighted by Crippen LogP contribution is -2.19. The Kier molecular flexibility index (Phi) is 8.46. The first-order chi connectivity index (χ1) is 15.6. The topological polar surface area (TPSA) is 91.3 Å². The summed E-state index contributed by atoms with van der Waals surface area (Å²) in [5, 5.41) is 12.1. The summed E-state index contributed by atoms with van der Waals surface area (Å²) in [5.41, 5.74) is 0.273. The Morgan fingerprint density at radius 2 is 1.88 bits per heavy atom. The fraction of sp³-hybridized carbons (Fsp3) is 0.667. The summed E-state index contributed by atoms with van der Waals surface area (Å²) in [5.74, 6) is 1.96. The first-order valence-corrected chi connectivity index (χ1v) is 12.5. The molecule has 0 aliphatic heterocycles. The van der Waals surface area contributed by atoms with Crippen molar-refractivity contribution in [1.82, 2.24) is 0 Å². The second-order valence-corrected chi connectivity index (χ2v) is 10.2. The molecule has 0 saturated heterocycles. The predicted molar refractivity (Wildman–Crippen MR) is 118 cm³/mol. The second-order valence-electron chi connectivity index (χ2n) is 9.47. The summed E-state index contributed by atoms with van der Waals surface area (Å²) in [6, 6.07) is 4.65. The van der Waals surface area contributed by atoms with Crippen molar-refractivity contribution in [2.45, 2.75) is 75.5 Å². The summed E-state index contributed by atoms with van der Waals surface area (Å²) in [4.78, 5) is 25.6. The van der Waals surface area contributed by atoms with E-state index in [2.05, 4.69) is 9.37 Å². The monoisotopic (exact) mass is 464 g/mol. The number of hydrogen-bond acceptors (Lipinski definition) is 8. The van der Waals surface area contributed by atoms with E-state index in [0.717, 1.165) is 18.8 Å². The van der Waals surface area contributed by atoms with Crippen LogP contribution >= 0.6 is 12.0 Å². The lowest BCUT2D eigenvalue weighted by molar-refractivity contribution is -0.432. The Morgan fingerprint density at radius 3 is 2.59 bits per heavy atom. The van der Waals surface area contributed by atoms with Gasteiger partial charge in [-0.2, -0.15) is 0 Å². The summed E-state index contributed by atoms with van der Waals surface area (Å²) < 4.78 is 15.6. The smallest absolute Gasteiger partial charge is 0.338 e. The fourth-order valence-corrected chi connectivity index (χ4v) is 6.13. The molecule has 0 heterocycles. The van der Waals surface area contributed by atoms with E-state index < -0.39 is 5.97 Å². The molecule has 3 atom stereocenters. The lowest BCUT2D eigenvalue weighted by atomic mass is 9.86. The van der Waals surface area contributed by atoms with Crippen molar-refractivity contribution in [1.29, 1.82) is 0 Å². The molecule has 0 radical (unpaired) electrons. The standard InChI is InChI=1S/C24H32O7S/c25-23(9-7-16-4-2-1-3-5-16)29-21-12-19(13-22(14-21)32-31-30-27)24(26)28-15-20-11-17-6-8-18(20)10-17/h12-14,16-18,20,27H,1-11,15H2. The number of carbonyl (C=O) groups is 2. The Bertz CT molecular complexity index is 793. The van der Waals surface area contributed by atoms with Crippen LogP contribution in [0.2, 0.25) is 0 Å². The minimum Gasteiger partial charge on any atom is -0.462 e. The van der Waals surface area contributed by atoms with Crippen LogP contribution in [0.4, 0.5) is 0 Å². The molecule has 3 aliphatic rings. The van der Waals surface area contributed by atoms with Gasteiger partial charge in [0.15, 0.2) is 0 Å². The molecular formula is C24H32O7S. The van der Waals surface area contributed by atoms with Gasteiger partial charge >= 0.3 is 11.9 Å². The molecule has 3 aliphatic carbocycles. The Hall–Kier alpha value is -1.61. The molecule has 4 rings (SSSR count). The van der Waals surface area contributed by atoms with Crippen molar-refractivity contribution in [3.8, 4) is 5.75 Å². The average molecular weight is 465 g/mol. The number of fused-ring (bicyclic) bond motifs is 2. The van der Waals surface area contributed by atoms with Crippen LogP contribution in [-0.4, -0.2) is 23.8 Å². The van der Waals surface area contributed by atoms with Gasteiger partial charge in [-0.05, 0) is 67.6 Å². The number of rotatable bonds is 10. The summed E-state index contributed by atoms with van der Waals surface area (Å²) >= 11 is 0.711. The van der Waals surface area contributed by atoms with Crippen LogP contribution in [0.3, 0.4) is 0 Å². The first kappa shape index (κ1) is 23.5. The zero-order valence-corrected chi connectivity index (χ0v) is 19.1. The van der Waals surface area contributed by atoms with E-state index in [9.17, 15) is 9.59 Å². The van der Waals surface area contributed by atoms with Crippen molar-refractivity contribution in [3.63, 3.8) is 0 Å². The van der Waals surface area contributed by atoms with Gasteiger partial charge in [-0.3, -0.25) is 4.79 Å². The van der Waals surface area contributed by atoms with Gasteiger partial charge in [-0.1, -0.05) is 43.6 Å². The van der Waals surface area contributed by atoms with Gasteiger partial charge in [0.05, 0.1) is 24.2 Å². The van der Waals surface area contributed by atoms with Crippen LogP contribution in [0.15, 0.2) is 23.1 Å². The van der Waals surface area contributed by atoms with Gasteiger partial charge in [-0.15, -0.1) is 4.33 Å². The van der Waals surface area contributed by atoms with Crippen LogP contribution in [0.5, 0.6) is 5.75 Å². The molecule has 0 spiro atoms. The average Bonchev–Trinajstić information content (AvgIpc) is 3.44. The highest BCUT2D eigenvalue weighted by molar-refractivity contribution is 7.94. The minimum atomic E-state index is -0.459. The van der Waals surface area contributed by atoms with Crippen LogP contribution in [0.25, 0.3) is 0 Å². The molecule has 2 bridgehead atoms. The number of ether oxygens (including phenoxy) is 2. The van der Waals surface area contributed by atoms with E-state index in [0.29, 0.717) is 47.7 Å². The molecule has 176 valence electrons. The van der Waals surface area contributed by atoms with E-state index in [1.165, 1.54) is 57.4 Å². The van der Waals surface area contributed by atoms with Gasteiger partial charge in [0.2, 0.25) is 0 Å². The van der Waals surface area contributed by atoms with Crippen LogP contribution in [0.1, 0.15) is 81.0 Å². The highest BCUT2D eigenvalue weighted by atomic mass is 32.2. The fourth-order valence-electron chi connectivity index (χ4n) is 5.68. The first-order valence-electron chi connectivity index (χ1n) is 11.8. The van der Waals surface area contributed by atoms with Gasteiger partial charge in [0, 0.05) is 11.3 Å². The zero-order chi connectivity index (χ0) is 22.3. The van der Waals surface area contributed by atoms with Crippen LogP contribution < -0.4 is 4.74 Å². The van der Waals surface area contributed by atoms with Crippen molar-refractivity contribution >= 4 is 24.0 Å². The highest BCUT2D eigenvalue weighted by Crippen LogP contribution is 2.48. The molecule has 1 N–H and O–H groups in total. The summed E-state index contributed by atoms with van der Waals surface area (Å²) in [6.45, 7) is 0.421. The van der Waals surface area contributed by atoms with E-state index >= 15 is 0 Å². The molecule has 8 heteroatoms. The van der Waals surface area contributed by atoms with Crippen molar-refractivity contribution in [2.75, 3.05) is 6.61 Å². The van der Waals surface area contributed by atoms with E-state index in [4.69, 9.17) is 14.7 Å². The van der Waals surface area contributed by atoms with Crippen molar-refractivity contribution < 1.29 is 33.7 Å². The molecule has 3 unspecified atom stereocenters. The van der Waals surface area contributed by atoms with Crippen LogP contribution in [-0.2, 0) is 18.9 Å². The maximum atomic E-state index is 12.7. The Balaban J connectivity index is 1.34. The SMILES string of the molecule is O=C(CCC1CCCCC1)Oc1cc(SOOO)cc(C(=O)OCC2CC3CCC2C3)c1. The number of hydrogen-bond donors (Lipinski definition) is 1. The third kappa shape index (κ3) is 6.47. The zero-order valence-electron chi connectivity index (χ0n) is 18.3. The second kappa shape index (κ2) is 11.5. The molecule has 0 amide bonds. The molecule has 1 aromatic rings.